The van der Waals surface area contributed by atoms with Gasteiger partial charge in [-0.1, -0.05) is 12.1 Å². The molecule has 4 nitrogen and oxygen atoms in total. The van der Waals surface area contributed by atoms with Crippen LogP contribution in [0.3, 0.4) is 0 Å². The summed E-state index contributed by atoms with van der Waals surface area (Å²) in [6.45, 7) is 4.77. The number of hydrogen-bond acceptors (Lipinski definition) is 4. The first-order chi connectivity index (χ1) is 12.1. The summed E-state index contributed by atoms with van der Waals surface area (Å²) < 4.78 is 0. The van der Waals surface area contributed by atoms with Crippen molar-refractivity contribution in [3.05, 3.63) is 81.3 Å². The maximum atomic E-state index is 12.9. The van der Waals surface area contributed by atoms with E-state index in [2.05, 4.69) is 48.4 Å². The fourth-order valence-corrected chi connectivity index (χ4v) is 3.81. The number of pyridine rings is 1. The summed E-state index contributed by atoms with van der Waals surface area (Å²) in [6, 6.07) is 14.0. The van der Waals surface area contributed by atoms with Crippen molar-refractivity contribution in [3.63, 3.8) is 0 Å². The Morgan fingerprint density at radius 3 is 2.80 bits per heavy atom. The quantitative estimate of drug-likeness (QED) is 0.753. The maximum Gasteiger partial charge on any atom is 0.258 e. The van der Waals surface area contributed by atoms with E-state index in [1.807, 2.05) is 28.5 Å². The predicted molar refractivity (Wildman–Crippen MR) is 101 cm³/mol. The molecule has 5 heteroatoms. The van der Waals surface area contributed by atoms with Gasteiger partial charge in [-0.25, -0.2) is 0 Å². The van der Waals surface area contributed by atoms with E-state index in [9.17, 15) is 4.79 Å². The van der Waals surface area contributed by atoms with Crippen LogP contribution in [0.1, 0.15) is 38.2 Å². The summed E-state index contributed by atoms with van der Waals surface area (Å²) in [5.74, 6) is 0.0258. The molecular weight excluding hydrogens is 330 g/mol. The minimum atomic E-state index is -0.257. The van der Waals surface area contributed by atoms with Gasteiger partial charge in [0.05, 0.1) is 17.8 Å². The van der Waals surface area contributed by atoms with Crippen molar-refractivity contribution in [1.29, 1.82) is 0 Å². The average molecular weight is 349 g/mol. The summed E-state index contributed by atoms with van der Waals surface area (Å²) in [5.41, 5.74) is 4.95. The highest BCUT2D eigenvalue weighted by atomic mass is 32.1. The molecule has 0 aliphatic carbocycles. The molecule has 0 radical (unpaired) electrons. The Morgan fingerprint density at radius 1 is 1.16 bits per heavy atom. The Hall–Kier alpha value is -2.66. The van der Waals surface area contributed by atoms with Crippen LogP contribution in [0.2, 0.25) is 0 Å². The number of thiophene rings is 1. The van der Waals surface area contributed by atoms with Gasteiger partial charge in [-0.15, -0.1) is 11.3 Å². The van der Waals surface area contributed by atoms with Crippen LogP contribution in [0.5, 0.6) is 0 Å². The van der Waals surface area contributed by atoms with Crippen molar-refractivity contribution in [2.45, 2.75) is 26.6 Å². The Kier molecular flexibility index (Phi) is 4.01. The van der Waals surface area contributed by atoms with Crippen molar-refractivity contribution >= 4 is 22.9 Å². The van der Waals surface area contributed by atoms with Gasteiger partial charge >= 0.3 is 0 Å². The second kappa shape index (κ2) is 6.33. The van der Waals surface area contributed by atoms with E-state index < -0.39 is 0 Å². The highest BCUT2D eigenvalue weighted by Crippen LogP contribution is 2.34. The average Bonchev–Trinajstić information content (AvgIpc) is 3.21. The lowest BCUT2D eigenvalue weighted by Crippen LogP contribution is -2.31. The molecule has 3 heterocycles. The molecule has 126 valence electrons. The number of nitrogens with one attached hydrogen (secondary N) is 1. The van der Waals surface area contributed by atoms with E-state index in [4.69, 9.17) is 0 Å². The fraction of sp³-hybridized carbons (Fsp3) is 0.200. The van der Waals surface area contributed by atoms with Gasteiger partial charge in [0.15, 0.2) is 0 Å². The van der Waals surface area contributed by atoms with E-state index >= 15 is 0 Å². The molecular formula is C20H19N3OS. The smallest absolute Gasteiger partial charge is 0.258 e. The molecule has 0 saturated heterocycles. The number of anilines is 1. The zero-order valence-electron chi connectivity index (χ0n) is 14.2. The van der Waals surface area contributed by atoms with E-state index in [1.165, 1.54) is 11.1 Å². The van der Waals surface area contributed by atoms with Crippen LogP contribution in [-0.4, -0.2) is 15.8 Å². The number of hydrogen-bond donors (Lipinski definition) is 1. The molecule has 1 N–H and O–H groups in total. The first kappa shape index (κ1) is 15.8. The molecule has 0 fully saturated rings. The minimum Gasteiger partial charge on any atom is -0.360 e. The molecule has 1 amide bonds. The number of amides is 1. The zero-order valence-corrected chi connectivity index (χ0v) is 15.0. The molecule has 0 saturated carbocycles. The van der Waals surface area contributed by atoms with E-state index in [0.717, 1.165) is 16.3 Å². The number of nitrogens with zero attached hydrogens (tertiary/aromatic N) is 2. The second-order valence-corrected chi connectivity index (χ2v) is 7.33. The van der Waals surface area contributed by atoms with Gasteiger partial charge in [0.1, 0.15) is 6.17 Å². The molecule has 3 aromatic rings. The van der Waals surface area contributed by atoms with Gasteiger partial charge in [0, 0.05) is 16.8 Å². The molecule has 0 spiro atoms. The normalized spacial score (nSPS) is 16.2. The number of carbonyl (C=O) groups excluding carboxylic acids is 1. The number of benzene rings is 1. The van der Waals surface area contributed by atoms with E-state index in [1.54, 1.807) is 17.5 Å². The molecule has 1 aliphatic rings. The van der Waals surface area contributed by atoms with Gasteiger partial charge in [-0.3, -0.25) is 9.78 Å². The largest absolute Gasteiger partial charge is 0.360 e. The molecule has 0 unspecified atom stereocenters. The van der Waals surface area contributed by atoms with Gasteiger partial charge in [-0.2, -0.15) is 0 Å². The lowest BCUT2D eigenvalue weighted by Gasteiger charge is -2.26. The predicted octanol–water partition coefficient (Wildman–Crippen LogP) is 4.53. The highest BCUT2D eigenvalue weighted by molar-refractivity contribution is 7.09. The third-order valence-electron chi connectivity index (χ3n) is 4.62. The molecule has 1 atom stereocenters. The number of fused-ring (bicyclic) bond motifs is 1. The van der Waals surface area contributed by atoms with Crippen molar-refractivity contribution in [1.82, 2.24) is 9.88 Å². The van der Waals surface area contributed by atoms with Crippen LogP contribution in [0, 0.1) is 13.8 Å². The topological polar surface area (TPSA) is 45.2 Å². The molecule has 1 aromatic carbocycles. The summed E-state index contributed by atoms with van der Waals surface area (Å²) >= 11 is 1.66. The Bertz CT molecular complexity index is 920. The Morgan fingerprint density at radius 2 is 2.04 bits per heavy atom. The molecule has 1 aliphatic heterocycles. The van der Waals surface area contributed by atoms with Crippen LogP contribution in [0.4, 0.5) is 5.69 Å². The molecule has 4 rings (SSSR count). The number of aromatic nitrogens is 1. The maximum absolute atomic E-state index is 12.9. The lowest BCUT2D eigenvalue weighted by molar-refractivity contribution is 0.0729. The van der Waals surface area contributed by atoms with Crippen LogP contribution in [-0.2, 0) is 6.54 Å². The van der Waals surface area contributed by atoms with E-state index in [-0.39, 0.29) is 12.1 Å². The third kappa shape index (κ3) is 2.91. The SMILES string of the molecule is Cc1ccc(N[C@@H]2c3ncccc3C(=O)N2Cc2cccs2)cc1C. The fourth-order valence-electron chi connectivity index (χ4n) is 3.10. The van der Waals surface area contributed by atoms with Crippen LogP contribution >= 0.6 is 11.3 Å². The number of rotatable bonds is 4. The lowest BCUT2D eigenvalue weighted by atomic mass is 10.1. The second-order valence-electron chi connectivity index (χ2n) is 6.29. The third-order valence-corrected chi connectivity index (χ3v) is 5.48. The van der Waals surface area contributed by atoms with Crippen LogP contribution in [0.15, 0.2) is 54.0 Å². The standard InChI is InChI=1S/C20H19N3OS/c1-13-7-8-15(11-14(13)2)22-19-18-17(6-3-9-21-18)20(24)23(19)12-16-5-4-10-25-16/h3-11,19,22H,12H2,1-2H3/t19-/m0/s1. The van der Waals surface area contributed by atoms with Crippen molar-refractivity contribution < 1.29 is 4.79 Å². The monoisotopic (exact) mass is 349 g/mol. The first-order valence-corrected chi connectivity index (χ1v) is 9.13. The number of carbonyl (C=O) groups is 1. The van der Waals surface area contributed by atoms with Crippen molar-refractivity contribution in [2.24, 2.45) is 0 Å². The van der Waals surface area contributed by atoms with Crippen molar-refractivity contribution in [2.75, 3.05) is 5.32 Å². The van der Waals surface area contributed by atoms with Crippen LogP contribution in [0.25, 0.3) is 0 Å². The van der Waals surface area contributed by atoms with Crippen LogP contribution < -0.4 is 5.32 Å². The van der Waals surface area contributed by atoms with Gasteiger partial charge in [0.2, 0.25) is 0 Å². The van der Waals surface area contributed by atoms with Gasteiger partial charge in [0.25, 0.3) is 5.91 Å². The Labute approximate surface area is 151 Å². The van der Waals surface area contributed by atoms with Gasteiger partial charge in [-0.05, 0) is 60.7 Å². The highest BCUT2D eigenvalue weighted by Gasteiger charge is 2.38. The Balaban J connectivity index is 1.70. The molecule has 2 aromatic heterocycles. The number of aryl methyl sites for hydroxylation is 2. The summed E-state index contributed by atoms with van der Waals surface area (Å²) in [4.78, 5) is 20.4. The minimum absolute atomic E-state index is 0.0258. The molecule has 25 heavy (non-hydrogen) atoms. The van der Waals surface area contributed by atoms with Gasteiger partial charge < -0.3 is 10.2 Å². The summed E-state index contributed by atoms with van der Waals surface area (Å²) in [7, 11) is 0. The molecule has 0 bridgehead atoms. The summed E-state index contributed by atoms with van der Waals surface area (Å²) in [6.07, 6.45) is 1.49. The first-order valence-electron chi connectivity index (χ1n) is 8.25. The summed E-state index contributed by atoms with van der Waals surface area (Å²) in [5, 5.41) is 5.54. The zero-order chi connectivity index (χ0) is 17.4. The van der Waals surface area contributed by atoms with Crippen molar-refractivity contribution in [3.8, 4) is 0 Å². The van der Waals surface area contributed by atoms with E-state index in [0.29, 0.717) is 12.1 Å².